The van der Waals surface area contributed by atoms with Crippen LogP contribution in [0.1, 0.15) is 5.76 Å². The van der Waals surface area contributed by atoms with E-state index in [9.17, 15) is 0 Å². The van der Waals surface area contributed by atoms with E-state index in [4.69, 9.17) is 4.52 Å². The lowest BCUT2D eigenvalue weighted by Gasteiger charge is -2.35. The summed E-state index contributed by atoms with van der Waals surface area (Å²) >= 11 is 0. The summed E-state index contributed by atoms with van der Waals surface area (Å²) in [4.78, 5) is 9.05. The Hall–Kier alpha value is -3.16. The van der Waals surface area contributed by atoms with Crippen LogP contribution >= 0.6 is 0 Å². The molecule has 1 saturated heterocycles. The Morgan fingerprint density at radius 2 is 1.76 bits per heavy atom. The number of aromatic nitrogens is 4. The van der Waals surface area contributed by atoms with Crippen LogP contribution in [0.3, 0.4) is 0 Å². The number of para-hydroxylation sites is 1. The Kier molecular flexibility index (Phi) is 4.16. The highest BCUT2D eigenvalue weighted by molar-refractivity contribution is 5.52. The highest BCUT2D eigenvalue weighted by atomic mass is 16.5. The van der Waals surface area contributed by atoms with Crippen LogP contribution in [0, 0.1) is 6.92 Å². The van der Waals surface area contributed by atoms with Gasteiger partial charge >= 0.3 is 0 Å². The Balaban J connectivity index is 1.42. The molecule has 4 rings (SSSR count). The van der Waals surface area contributed by atoms with Crippen LogP contribution in [0.4, 0.5) is 23.3 Å². The maximum absolute atomic E-state index is 5.04. The van der Waals surface area contributed by atoms with Crippen LogP contribution in [-0.2, 0) is 0 Å². The van der Waals surface area contributed by atoms with Crippen molar-refractivity contribution in [2.75, 3.05) is 41.3 Å². The first-order chi connectivity index (χ1) is 12.3. The maximum atomic E-state index is 5.04. The Bertz CT molecular complexity index is 828. The number of benzene rings is 1. The fourth-order valence-electron chi connectivity index (χ4n) is 2.85. The lowest BCUT2D eigenvalue weighted by Crippen LogP contribution is -2.47. The first kappa shape index (κ1) is 15.4. The molecule has 0 aliphatic carbocycles. The summed E-state index contributed by atoms with van der Waals surface area (Å²) in [6, 6.07) is 12.2. The van der Waals surface area contributed by atoms with E-state index in [1.54, 1.807) is 12.3 Å². The molecule has 25 heavy (non-hydrogen) atoms. The number of rotatable bonds is 4. The molecule has 0 spiro atoms. The minimum atomic E-state index is 0.601. The maximum Gasteiger partial charge on any atom is 0.247 e. The van der Waals surface area contributed by atoms with Gasteiger partial charge in [-0.25, -0.2) is 0 Å². The van der Waals surface area contributed by atoms with Crippen LogP contribution in [0.2, 0.25) is 0 Å². The molecule has 8 heteroatoms. The minimum absolute atomic E-state index is 0.601. The summed E-state index contributed by atoms with van der Waals surface area (Å²) in [6.07, 6.45) is 1.58. The van der Waals surface area contributed by atoms with Gasteiger partial charge in [0.15, 0.2) is 11.6 Å². The normalized spacial score (nSPS) is 14.6. The molecule has 1 aromatic carbocycles. The number of hydrogen-bond acceptors (Lipinski definition) is 8. The minimum Gasteiger partial charge on any atom is -0.368 e. The molecule has 128 valence electrons. The predicted molar refractivity (Wildman–Crippen MR) is 95.2 cm³/mol. The summed E-state index contributed by atoms with van der Waals surface area (Å²) in [7, 11) is 0. The van der Waals surface area contributed by atoms with E-state index in [0.717, 1.165) is 31.9 Å². The molecule has 3 aromatic rings. The molecular formula is C17H19N7O. The third-order valence-corrected chi connectivity index (χ3v) is 4.12. The van der Waals surface area contributed by atoms with Gasteiger partial charge in [0, 0.05) is 37.9 Å². The van der Waals surface area contributed by atoms with Crippen molar-refractivity contribution in [2.24, 2.45) is 0 Å². The van der Waals surface area contributed by atoms with Crippen molar-refractivity contribution in [3.63, 3.8) is 0 Å². The van der Waals surface area contributed by atoms with Crippen LogP contribution in [0.15, 0.2) is 47.1 Å². The van der Waals surface area contributed by atoms with E-state index in [0.29, 0.717) is 17.6 Å². The second kappa shape index (κ2) is 6.76. The first-order valence-electron chi connectivity index (χ1n) is 8.23. The topological polar surface area (TPSA) is 83.2 Å². The van der Waals surface area contributed by atoms with Gasteiger partial charge in [-0.2, -0.15) is 10.1 Å². The molecule has 1 aliphatic rings. The molecule has 0 bridgehead atoms. The van der Waals surface area contributed by atoms with Crippen LogP contribution in [0.25, 0.3) is 0 Å². The average Bonchev–Trinajstić information content (AvgIpc) is 3.07. The van der Waals surface area contributed by atoms with Crippen molar-refractivity contribution in [3.05, 3.63) is 48.4 Å². The third-order valence-electron chi connectivity index (χ3n) is 4.12. The number of hydrogen-bond donors (Lipinski definition) is 1. The van der Waals surface area contributed by atoms with Gasteiger partial charge in [0.25, 0.3) is 0 Å². The Morgan fingerprint density at radius 1 is 1.00 bits per heavy atom. The van der Waals surface area contributed by atoms with Crippen molar-refractivity contribution in [1.29, 1.82) is 0 Å². The fraction of sp³-hybridized carbons (Fsp3) is 0.294. The number of piperazine rings is 1. The van der Waals surface area contributed by atoms with Crippen LogP contribution in [0.5, 0.6) is 0 Å². The third kappa shape index (κ3) is 3.52. The number of nitrogens with zero attached hydrogens (tertiary/aromatic N) is 6. The van der Waals surface area contributed by atoms with Gasteiger partial charge in [-0.3, -0.25) is 0 Å². The lowest BCUT2D eigenvalue weighted by atomic mass is 10.2. The first-order valence-corrected chi connectivity index (χ1v) is 8.23. The lowest BCUT2D eigenvalue weighted by molar-refractivity contribution is 0.400. The van der Waals surface area contributed by atoms with Crippen LogP contribution in [-0.4, -0.2) is 46.5 Å². The van der Waals surface area contributed by atoms with Crippen molar-refractivity contribution < 1.29 is 4.52 Å². The van der Waals surface area contributed by atoms with Crippen molar-refractivity contribution in [1.82, 2.24) is 20.3 Å². The largest absolute Gasteiger partial charge is 0.368 e. The molecule has 0 atom stereocenters. The number of aryl methyl sites for hydroxylation is 1. The van der Waals surface area contributed by atoms with Gasteiger partial charge in [-0.1, -0.05) is 23.4 Å². The molecule has 1 fully saturated rings. The fourth-order valence-corrected chi connectivity index (χ4v) is 2.85. The molecule has 0 amide bonds. The molecule has 1 aliphatic heterocycles. The zero-order valence-corrected chi connectivity index (χ0v) is 14.0. The summed E-state index contributed by atoms with van der Waals surface area (Å²) in [5.74, 6) is 2.57. The summed E-state index contributed by atoms with van der Waals surface area (Å²) in [5, 5.41) is 15.2. The quantitative estimate of drug-likeness (QED) is 0.776. The molecule has 8 nitrogen and oxygen atoms in total. The van der Waals surface area contributed by atoms with Crippen molar-refractivity contribution >= 4 is 23.3 Å². The molecule has 0 radical (unpaired) electrons. The summed E-state index contributed by atoms with van der Waals surface area (Å²) in [5.41, 5.74) is 1.25. The van der Waals surface area contributed by atoms with E-state index < -0.39 is 0 Å². The highest BCUT2D eigenvalue weighted by Crippen LogP contribution is 2.19. The van der Waals surface area contributed by atoms with Gasteiger partial charge in [-0.15, -0.1) is 5.10 Å². The summed E-state index contributed by atoms with van der Waals surface area (Å²) in [6.45, 7) is 5.39. The van der Waals surface area contributed by atoms with Crippen LogP contribution < -0.4 is 15.1 Å². The predicted octanol–water partition coefficient (Wildman–Crippen LogP) is 2.24. The molecule has 0 unspecified atom stereocenters. The van der Waals surface area contributed by atoms with Crippen molar-refractivity contribution in [2.45, 2.75) is 6.92 Å². The molecule has 2 aromatic heterocycles. The van der Waals surface area contributed by atoms with E-state index in [-0.39, 0.29) is 0 Å². The van der Waals surface area contributed by atoms with Gasteiger partial charge in [-0.05, 0) is 19.1 Å². The van der Waals surface area contributed by atoms with E-state index in [1.165, 1.54) is 5.69 Å². The van der Waals surface area contributed by atoms with Gasteiger partial charge in [0.2, 0.25) is 5.95 Å². The monoisotopic (exact) mass is 337 g/mol. The van der Waals surface area contributed by atoms with Crippen molar-refractivity contribution in [3.8, 4) is 0 Å². The zero-order chi connectivity index (χ0) is 17.1. The number of nitrogens with one attached hydrogen (secondary N) is 1. The van der Waals surface area contributed by atoms with Gasteiger partial charge < -0.3 is 19.6 Å². The smallest absolute Gasteiger partial charge is 0.247 e. The SMILES string of the molecule is Cc1cc(Nc2cnnc(N3CCN(c4ccccc4)CC3)n2)no1. The van der Waals surface area contributed by atoms with E-state index >= 15 is 0 Å². The molecule has 3 heterocycles. The summed E-state index contributed by atoms with van der Waals surface area (Å²) < 4.78 is 5.04. The molecule has 1 N–H and O–H groups in total. The Labute approximate surface area is 145 Å². The molecular weight excluding hydrogens is 318 g/mol. The van der Waals surface area contributed by atoms with Gasteiger partial charge in [0.05, 0.1) is 6.20 Å². The van der Waals surface area contributed by atoms with Gasteiger partial charge in [0.1, 0.15) is 5.76 Å². The zero-order valence-electron chi connectivity index (χ0n) is 14.0. The number of anilines is 4. The second-order valence-corrected chi connectivity index (χ2v) is 5.90. The standard InChI is InChI=1S/C17H19N7O/c1-13-11-15(22-25-13)19-16-12-18-21-17(20-16)24-9-7-23(8-10-24)14-5-3-2-4-6-14/h2-6,11-12H,7-10H2,1H3,(H,19,20,21,22). The average molecular weight is 337 g/mol. The second-order valence-electron chi connectivity index (χ2n) is 5.90. The highest BCUT2D eigenvalue weighted by Gasteiger charge is 2.20. The molecule has 0 saturated carbocycles. The van der Waals surface area contributed by atoms with E-state index in [2.05, 4.69) is 59.7 Å². The Morgan fingerprint density at radius 3 is 2.48 bits per heavy atom. The van der Waals surface area contributed by atoms with E-state index in [1.807, 2.05) is 13.0 Å².